The van der Waals surface area contributed by atoms with Crippen LogP contribution in [-0.2, 0) is 0 Å². The van der Waals surface area contributed by atoms with Gasteiger partial charge in [-0.15, -0.1) is 12.4 Å². The van der Waals surface area contributed by atoms with E-state index in [1.807, 2.05) is 0 Å². The van der Waals surface area contributed by atoms with Crippen LogP contribution in [0.2, 0.25) is 0 Å². The third-order valence-electron chi connectivity index (χ3n) is 3.52. The van der Waals surface area contributed by atoms with Gasteiger partial charge < -0.3 is 16.2 Å². The highest BCUT2D eigenvalue weighted by atomic mass is 35.5. The molecule has 0 aliphatic carbocycles. The maximum atomic E-state index is 9.81. The summed E-state index contributed by atoms with van der Waals surface area (Å²) < 4.78 is 0. The Morgan fingerprint density at radius 3 is 2.73 bits per heavy atom. The molecule has 90 valence electrons. The molecule has 2 rings (SSSR count). The molecule has 0 aromatic carbocycles. The summed E-state index contributed by atoms with van der Waals surface area (Å²) in [6, 6.07) is 0.784. The van der Waals surface area contributed by atoms with E-state index < -0.39 is 0 Å². The summed E-state index contributed by atoms with van der Waals surface area (Å²) in [6.07, 6.45) is 3.52. The van der Waals surface area contributed by atoms with E-state index in [1.54, 1.807) is 0 Å². The summed E-state index contributed by atoms with van der Waals surface area (Å²) >= 11 is 0. The highest BCUT2D eigenvalue weighted by molar-refractivity contribution is 5.85. The zero-order valence-corrected chi connectivity index (χ0v) is 9.88. The Labute approximate surface area is 97.6 Å². The topological polar surface area (TPSA) is 61.5 Å². The molecule has 1 unspecified atom stereocenters. The van der Waals surface area contributed by atoms with Crippen molar-refractivity contribution in [3.8, 4) is 0 Å². The van der Waals surface area contributed by atoms with Gasteiger partial charge in [0.25, 0.3) is 0 Å². The minimum Gasteiger partial charge on any atom is -0.390 e. The van der Waals surface area contributed by atoms with Crippen molar-refractivity contribution >= 4 is 12.4 Å². The number of β-amino-alcohol motifs (C(OH)–C–C–N with tert-alkyl or cyclic N) is 1. The van der Waals surface area contributed by atoms with E-state index in [4.69, 9.17) is 5.73 Å². The Balaban J connectivity index is 0.00000112. The number of hydrogen-bond donors (Lipinski definition) is 3. The lowest BCUT2D eigenvalue weighted by Crippen LogP contribution is -2.53. The number of rotatable bonds is 2. The van der Waals surface area contributed by atoms with Gasteiger partial charge in [0.05, 0.1) is 6.10 Å². The van der Waals surface area contributed by atoms with E-state index in [0.29, 0.717) is 12.1 Å². The smallest absolute Gasteiger partial charge is 0.0831 e. The zero-order chi connectivity index (χ0) is 9.97. The maximum Gasteiger partial charge on any atom is 0.0831 e. The minimum atomic E-state index is -0.206. The van der Waals surface area contributed by atoms with Crippen molar-refractivity contribution in [3.63, 3.8) is 0 Å². The van der Waals surface area contributed by atoms with Gasteiger partial charge in [-0.3, -0.25) is 4.90 Å². The van der Waals surface area contributed by atoms with Crippen molar-refractivity contribution in [2.24, 2.45) is 5.73 Å². The standard InChI is InChI=1S/C10H21N3O.ClH/c11-5-8-3-1-2-4-13(8)9-6-12-7-10(9)14;/h8-10,12,14H,1-7,11H2;1H/t8?,9-,10-;/m1./s1. The zero-order valence-electron chi connectivity index (χ0n) is 9.06. The molecule has 0 aromatic heterocycles. The fraction of sp³-hybridized carbons (Fsp3) is 1.00. The molecule has 2 fully saturated rings. The average Bonchev–Trinajstić information content (AvgIpc) is 2.64. The first kappa shape index (κ1) is 13.2. The molecule has 15 heavy (non-hydrogen) atoms. The van der Waals surface area contributed by atoms with Crippen molar-refractivity contribution in [1.29, 1.82) is 0 Å². The molecule has 0 saturated carbocycles. The molecule has 2 saturated heterocycles. The predicted octanol–water partition coefficient (Wildman–Crippen LogP) is -0.446. The number of nitrogens with zero attached hydrogens (tertiary/aromatic N) is 1. The van der Waals surface area contributed by atoms with Crippen LogP contribution in [0.1, 0.15) is 19.3 Å². The molecule has 3 atom stereocenters. The van der Waals surface area contributed by atoms with Gasteiger partial charge in [0.2, 0.25) is 0 Å². The number of likely N-dealkylation sites (tertiary alicyclic amines) is 1. The fourth-order valence-electron chi connectivity index (χ4n) is 2.70. The Morgan fingerprint density at radius 1 is 1.33 bits per heavy atom. The van der Waals surface area contributed by atoms with Gasteiger partial charge in [-0.1, -0.05) is 6.42 Å². The summed E-state index contributed by atoms with van der Waals surface area (Å²) in [4.78, 5) is 2.41. The van der Waals surface area contributed by atoms with Crippen LogP contribution in [0.25, 0.3) is 0 Å². The molecule has 2 aliphatic rings. The van der Waals surface area contributed by atoms with Crippen LogP contribution in [-0.4, -0.2) is 54.4 Å². The number of aliphatic hydroxyl groups is 1. The molecule has 4 nitrogen and oxygen atoms in total. The summed E-state index contributed by atoms with van der Waals surface area (Å²) in [5, 5.41) is 13.0. The average molecular weight is 236 g/mol. The van der Waals surface area contributed by atoms with Gasteiger partial charge in [-0.2, -0.15) is 0 Å². The summed E-state index contributed by atoms with van der Waals surface area (Å²) in [5.74, 6) is 0. The van der Waals surface area contributed by atoms with E-state index >= 15 is 0 Å². The second-order valence-electron chi connectivity index (χ2n) is 4.42. The molecule has 0 amide bonds. The quantitative estimate of drug-likeness (QED) is 0.607. The normalized spacial score (nSPS) is 37.6. The van der Waals surface area contributed by atoms with Gasteiger partial charge >= 0.3 is 0 Å². The van der Waals surface area contributed by atoms with Crippen molar-refractivity contribution in [2.45, 2.75) is 37.5 Å². The monoisotopic (exact) mass is 235 g/mol. The van der Waals surface area contributed by atoms with Gasteiger partial charge in [0.1, 0.15) is 0 Å². The van der Waals surface area contributed by atoms with E-state index in [-0.39, 0.29) is 18.5 Å². The molecule has 2 aliphatic heterocycles. The summed E-state index contributed by atoms with van der Waals surface area (Å²) in [5.41, 5.74) is 5.76. The lowest BCUT2D eigenvalue weighted by molar-refractivity contribution is 0.0375. The van der Waals surface area contributed by atoms with Gasteiger partial charge in [0, 0.05) is 31.7 Å². The molecule has 0 aromatic rings. The van der Waals surface area contributed by atoms with E-state index in [0.717, 1.165) is 26.2 Å². The SMILES string of the molecule is Cl.NCC1CCCCN1[C@@H]1CNC[C@H]1O. The number of nitrogens with one attached hydrogen (secondary N) is 1. The Bertz CT molecular complexity index is 194. The molecular weight excluding hydrogens is 214 g/mol. The molecule has 4 N–H and O–H groups in total. The number of aliphatic hydroxyl groups excluding tert-OH is 1. The highest BCUT2D eigenvalue weighted by Gasteiger charge is 2.35. The largest absolute Gasteiger partial charge is 0.390 e. The van der Waals surface area contributed by atoms with E-state index in [1.165, 1.54) is 19.3 Å². The maximum absolute atomic E-state index is 9.81. The number of piperidine rings is 1. The second-order valence-corrected chi connectivity index (χ2v) is 4.42. The fourth-order valence-corrected chi connectivity index (χ4v) is 2.70. The van der Waals surface area contributed by atoms with Crippen LogP contribution in [0.3, 0.4) is 0 Å². The second kappa shape index (κ2) is 6.01. The Morgan fingerprint density at radius 2 is 2.13 bits per heavy atom. The van der Waals surface area contributed by atoms with Crippen molar-refractivity contribution in [2.75, 3.05) is 26.2 Å². The van der Waals surface area contributed by atoms with Crippen LogP contribution in [0, 0.1) is 0 Å². The van der Waals surface area contributed by atoms with Crippen LogP contribution in [0.15, 0.2) is 0 Å². The first-order valence-corrected chi connectivity index (χ1v) is 5.67. The molecule has 2 heterocycles. The molecule has 5 heteroatoms. The first-order valence-electron chi connectivity index (χ1n) is 5.67. The third kappa shape index (κ3) is 2.82. The van der Waals surface area contributed by atoms with Gasteiger partial charge in [-0.25, -0.2) is 0 Å². The molecular formula is C10H22ClN3O. The molecule has 0 radical (unpaired) electrons. The number of halogens is 1. The Hall–Kier alpha value is 0.130. The first-order chi connectivity index (χ1) is 6.83. The van der Waals surface area contributed by atoms with Crippen molar-refractivity contribution in [1.82, 2.24) is 10.2 Å². The van der Waals surface area contributed by atoms with Crippen molar-refractivity contribution in [3.05, 3.63) is 0 Å². The van der Waals surface area contributed by atoms with E-state index in [9.17, 15) is 5.11 Å². The van der Waals surface area contributed by atoms with Crippen LogP contribution < -0.4 is 11.1 Å². The van der Waals surface area contributed by atoms with Crippen LogP contribution in [0.5, 0.6) is 0 Å². The number of hydrogen-bond acceptors (Lipinski definition) is 4. The summed E-state index contributed by atoms with van der Waals surface area (Å²) in [7, 11) is 0. The third-order valence-corrected chi connectivity index (χ3v) is 3.52. The molecule has 0 spiro atoms. The Kier molecular flexibility index (Phi) is 5.29. The minimum absolute atomic E-state index is 0. The molecule has 0 bridgehead atoms. The lowest BCUT2D eigenvalue weighted by Gasteiger charge is -2.40. The predicted molar refractivity (Wildman–Crippen MR) is 63.3 cm³/mol. The van der Waals surface area contributed by atoms with Gasteiger partial charge in [0.15, 0.2) is 0 Å². The highest BCUT2D eigenvalue weighted by Crippen LogP contribution is 2.21. The van der Waals surface area contributed by atoms with Crippen LogP contribution >= 0.6 is 12.4 Å². The lowest BCUT2D eigenvalue weighted by atomic mass is 9.98. The van der Waals surface area contributed by atoms with Gasteiger partial charge in [-0.05, 0) is 19.4 Å². The van der Waals surface area contributed by atoms with Crippen molar-refractivity contribution < 1.29 is 5.11 Å². The van der Waals surface area contributed by atoms with Crippen LogP contribution in [0.4, 0.5) is 0 Å². The summed E-state index contributed by atoms with van der Waals surface area (Å²) in [6.45, 7) is 3.48. The van der Waals surface area contributed by atoms with E-state index in [2.05, 4.69) is 10.2 Å². The number of nitrogens with two attached hydrogens (primary N) is 1.